The number of carbonyl (C=O) groups is 1. The second-order valence-corrected chi connectivity index (χ2v) is 8.53. The number of carbonyl (C=O) groups excluding carboxylic acids is 1. The highest BCUT2D eigenvalue weighted by atomic mass is 16.5. The van der Waals surface area contributed by atoms with Gasteiger partial charge in [-0.1, -0.05) is 29.8 Å². The quantitative estimate of drug-likeness (QED) is 0.632. The predicted molar refractivity (Wildman–Crippen MR) is 95.3 cm³/mol. The summed E-state index contributed by atoms with van der Waals surface area (Å²) in [5.41, 5.74) is 4.14. The number of fused-ring (bicyclic) bond motifs is 2. The van der Waals surface area contributed by atoms with E-state index in [0.29, 0.717) is 30.0 Å². The van der Waals surface area contributed by atoms with Crippen molar-refractivity contribution >= 4 is 11.7 Å². The Labute approximate surface area is 148 Å². The van der Waals surface area contributed by atoms with Crippen molar-refractivity contribution < 1.29 is 9.53 Å². The second-order valence-electron chi connectivity index (χ2n) is 8.53. The van der Waals surface area contributed by atoms with Gasteiger partial charge in [0.25, 0.3) is 0 Å². The van der Waals surface area contributed by atoms with E-state index in [0.717, 1.165) is 13.0 Å². The lowest BCUT2D eigenvalue weighted by atomic mass is 9.65. The molecule has 4 heteroatoms. The van der Waals surface area contributed by atoms with Crippen molar-refractivity contribution in [1.82, 2.24) is 4.90 Å². The molecule has 25 heavy (non-hydrogen) atoms. The van der Waals surface area contributed by atoms with Gasteiger partial charge in [-0.05, 0) is 37.3 Å². The molecule has 0 radical (unpaired) electrons. The van der Waals surface area contributed by atoms with Gasteiger partial charge in [0.05, 0.1) is 11.5 Å². The predicted octanol–water partition coefficient (Wildman–Crippen LogP) is 2.70. The lowest BCUT2D eigenvalue weighted by molar-refractivity contribution is -0.152. The smallest absolute Gasteiger partial charge is 0.302 e. The maximum atomic E-state index is 12.0. The molecule has 0 amide bonds. The van der Waals surface area contributed by atoms with Crippen LogP contribution < -0.4 is 5.32 Å². The Kier molecular flexibility index (Phi) is 2.57. The van der Waals surface area contributed by atoms with Crippen LogP contribution in [-0.2, 0) is 14.9 Å². The summed E-state index contributed by atoms with van der Waals surface area (Å²) in [5, 5.41) is 3.85. The standard InChI is InChI=1S/C21H24N2O2/c1-3-12-10-23-16-8-13(12)18-17(23)9-21(20(18)25-11(2)24)14-6-4-5-7-15(14)22-19(16)21/h3-7,13,16-20,22H,8-10H2,1-2H3. The molecular formula is C21H24N2O2. The van der Waals surface area contributed by atoms with Crippen LogP contribution in [0.4, 0.5) is 5.69 Å². The normalized spacial score (nSPS) is 49.0. The molecule has 7 rings (SSSR count). The fraction of sp³-hybridized carbons (Fsp3) is 0.571. The molecule has 5 fully saturated rings. The van der Waals surface area contributed by atoms with Crippen LogP contribution in [0.15, 0.2) is 35.9 Å². The molecule has 6 aliphatic rings. The van der Waals surface area contributed by atoms with E-state index < -0.39 is 0 Å². The molecule has 1 aromatic rings. The van der Waals surface area contributed by atoms with Gasteiger partial charge in [-0.3, -0.25) is 9.69 Å². The Morgan fingerprint density at radius 2 is 2.20 bits per heavy atom. The number of piperidine rings is 4. The summed E-state index contributed by atoms with van der Waals surface area (Å²) in [5.74, 6) is 0.887. The number of esters is 1. The maximum Gasteiger partial charge on any atom is 0.302 e. The molecule has 8 unspecified atom stereocenters. The van der Waals surface area contributed by atoms with Crippen LogP contribution in [0.3, 0.4) is 0 Å². The lowest BCUT2D eigenvalue weighted by Crippen LogP contribution is -2.66. The van der Waals surface area contributed by atoms with Crippen molar-refractivity contribution in [2.45, 2.75) is 56.3 Å². The molecule has 1 spiro atoms. The number of hydrogen-bond acceptors (Lipinski definition) is 4. The summed E-state index contributed by atoms with van der Waals surface area (Å²) in [6.07, 6.45) is 4.62. The Balaban J connectivity index is 1.59. The van der Waals surface area contributed by atoms with Crippen molar-refractivity contribution in [2.75, 3.05) is 11.9 Å². The van der Waals surface area contributed by atoms with Crippen LogP contribution in [-0.4, -0.2) is 41.6 Å². The highest BCUT2D eigenvalue weighted by molar-refractivity contribution is 5.69. The van der Waals surface area contributed by atoms with Crippen LogP contribution in [0, 0.1) is 11.8 Å². The highest BCUT2D eigenvalue weighted by Gasteiger charge is 2.74. The first-order chi connectivity index (χ1) is 12.1. The fourth-order valence-electron chi connectivity index (χ4n) is 7.20. The summed E-state index contributed by atoms with van der Waals surface area (Å²) < 4.78 is 6.13. The average molecular weight is 336 g/mol. The minimum Gasteiger partial charge on any atom is -0.461 e. The zero-order valence-electron chi connectivity index (χ0n) is 14.7. The van der Waals surface area contributed by atoms with E-state index in [4.69, 9.17) is 4.74 Å². The van der Waals surface area contributed by atoms with Crippen molar-refractivity contribution in [3.8, 4) is 0 Å². The lowest BCUT2D eigenvalue weighted by Gasteiger charge is -2.57. The van der Waals surface area contributed by atoms with Crippen molar-refractivity contribution in [3.05, 3.63) is 41.5 Å². The number of hydrogen-bond donors (Lipinski definition) is 1. The summed E-state index contributed by atoms with van der Waals surface area (Å²) in [4.78, 5) is 14.8. The molecule has 1 aromatic carbocycles. The van der Waals surface area contributed by atoms with Crippen LogP contribution in [0.5, 0.6) is 0 Å². The summed E-state index contributed by atoms with van der Waals surface area (Å²) in [6.45, 7) is 4.84. The molecule has 130 valence electrons. The van der Waals surface area contributed by atoms with E-state index >= 15 is 0 Å². The molecule has 4 saturated heterocycles. The highest BCUT2D eigenvalue weighted by Crippen LogP contribution is 2.67. The first kappa shape index (κ1) is 14.4. The first-order valence-electron chi connectivity index (χ1n) is 9.59. The number of rotatable bonds is 1. The van der Waals surface area contributed by atoms with E-state index in [1.807, 2.05) is 0 Å². The minimum absolute atomic E-state index is 0.00796. The number of nitrogens with one attached hydrogen (secondary N) is 1. The molecule has 1 saturated carbocycles. The number of anilines is 1. The third-order valence-electron chi connectivity index (χ3n) is 7.84. The number of ether oxygens (including phenoxy) is 1. The van der Waals surface area contributed by atoms with Gasteiger partial charge in [-0.2, -0.15) is 0 Å². The molecule has 5 aliphatic heterocycles. The number of benzene rings is 1. The fourth-order valence-corrected chi connectivity index (χ4v) is 7.20. The molecule has 1 aliphatic carbocycles. The van der Waals surface area contributed by atoms with Crippen LogP contribution in [0.25, 0.3) is 0 Å². The van der Waals surface area contributed by atoms with Crippen molar-refractivity contribution in [2.24, 2.45) is 11.8 Å². The van der Waals surface area contributed by atoms with E-state index in [1.54, 1.807) is 12.5 Å². The van der Waals surface area contributed by atoms with Gasteiger partial charge < -0.3 is 10.1 Å². The topological polar surface area (TPSA) is 41.6 Å². The maximum absolute atomic E-state index is 12.0. The third-order valence-corrected chi connectivity index (χ3v) is 7.84. The average Bonchev–Trinajstić information content (AvgIpc) is 3.09. The van der Waals surface area contributed by atoms with Gasteiger partial charge in [0.1, 0.15) is 6.10 Å². The molecule has 1 N–H and O–H groups in total. The Morgan fingerprint density at radius 3 is 3.00 bits per heavy atom. The summed E-state index contributed by atoms with van der Waals surface area (Å²) in [7, 11) is 0. The molecule has 5 bridgehead atoms. The second kappa shape index (κ2) is 4.47. The molecule has 0 aromatic heterocycles. The SMILES string of the molecule is CC=C1CN2C3CC45c6ccccc6NC4C2CC1C3C5OC(C)=O. The van der Waals surface area contributed by atoms with E-state index in [1.165, 1.54) is 17.7 Å². The van der Waals surface area contributed by atoms with Gasteiger partial charge >= 0.3 is 5.97 Å². The summed E-state index contributed by atoms with van der Waals surface area (Å²) in [6, 6.07) is 10.2. The van der Waals surface area contributed by atoms with E-state index in [-0.39, 0.29) is 17.5 Å². The van der Waals surface area contributed by atoms with Crippen LogP contribution in [0.2, 0.25) is 0 Å². The number of allylic oxidation sites excluding steroid dienone is 1. The van der Waals surface area contributed by atoms with Gasteiger partial charge in [0, 0.05) is 37.2 Å². The zero-order valence-corrected chi connectivity index (χ0v) is 14.7. The third kappa shape index (κ3) is 1.48. The Hall–Kier alpha value is -1.81. The zero-order chi connectivity index (χ0) is 16.9. The Morgan fingerprint density at radius 1 is 1.36 bits per heavy atom. The van der Waals surface area contributed by atoms with Crippen LogP contribution >= 0.6 is 0 Å². The van der Waals surface area contributed by atoms with Crippen molar-refractivity contribution in [1.29, 1.82) is 0 Å². The molecule has 5 heterocycles. The Bertz CT molecular complexity index is 818. The van der Waals surface area contributed by atoms with Gasteiger partial charge in [0.15, 0.2) is 0 Å². The van der Waals surface area contributed by atoms with Gasteiger partial charge in [-0.15, -0.1) is 0 Å². The monoisotopic (exact) mass is 336 g/mol. The van der Waals surface area contributed by atoms with Crippen LogP contribution in [0.1, 0.15) is 32.3 Å². The summed E-state index contributed by atoms with van der Waals surface area (Å²) >= 11 is 0. The van der Waals surface area contributed by atoms with E-state index in [9.17, 15) is 4.79 Å². The molecule has 8 atom stereocenters. The van der Waals surface area contributed by atoms with Crippen molar-refractivity contribution in [3.63, 3.8) is 0 Å². The minimum atomic E-state index is -0.133. The first-order valence-corrected chi connectivity index (χ1v) is 9.59. The van der Waals surface area contributed by atoms with E-state index in [2.05, 4.69) is 47.5 Å². The van der Waals surface area contributed by atoms with Gasteiger partial charge in [-0.25, -0.2) is 0 Å². The largest absolute Gasteiger partial charge is 0.461 e. The molecule has 4 nitrogen and oxygen atoms in total. The number of nitrogens with zero attached hydrogens (tertiary/aromatic N) is 1. The number of para-hydroxylation sites is 1. The molecular weight excluding hydrogens is 312 g/mol. The van der Waals surface area contributed by atoms with Gasteiger partial charge in [0.2, 0.25) is 0 Å².